The number of rotatable bonds is 5. The number of nitrogens with zero attached hydrogens (tertiary/aromatic N) is 2. The summed E-state index contributed by atoms with van der Waals surface area (Å²) < 4.78 is 5.50. The van der Waals surface area contributed by atoms with E-state index >= 15 is 0 Å². The van der Waals surface area contributed by atoms with Gasteiger partial charge >= 0.3 is 12.1 Å². The van der Waals surface area contributed by atoms with Gasteiger partial charge < -0.3 is 30.3 Å². The zero-order chi connectivity index (χ0) is 20.8. The van der Waals surface area contributed by atoms with Gasteiger partial charge in [-0.05, 0) is 49.4 Å². The first-order chi connectivity index (χ1) is 14.0. The van der Waals surface area contributed by atoms with Crippen molar-refractivity contribution in [2.45, 2.75) is 6.92 Å². The topological polar surface area (TPSA) is 94.1 Å². The number of benzene rings is 2. The third-order valence-electron chi connectivity index (χ3n) is 4.53. The van der Waals surface area contributed by atoms with Gasteiger partial charge in [0, 0.05) is 42.6 Å². The molecule has 1 aliphatic rings. The first-order valence-corrected chi connectivity index (χ1v) is 9.67. The molecule has 1 heterocycles. The van der Waals surface area contributed by atoms with E-state index in [0.29, 0.717) is 54.9 Å². The van der Waals surface area contributed by atoms with Gasteiger partial charge in [-0.2, -0.15) is 0 Å². The highest BCUT2D eigenvalue weighted by Crippen LogP contribution is 2.28. The Bertz CT molecular complexity index is 867. The summed E-state index contributed by atoms with van der Waals surface area (Å²) >= 11 is 6.01. The highest BCUT2D eigenvalue weighted by Gasteiger charge is 2.20. The van der Waals surface area contributed by atoms with Crippen LogP contribution in [0, 0.1) is 0 Å². The minimum Gasteiger partial charge on any atom is -0.492 e. The maximum Gasteiger partial charge on any atom is 0.407 e. The minimum absolute atomic E-state index is 0.406. The molecule has 9 heteroatoms. The van der Waals surface area contributed by atoms with E-state index in [1.54, 1.807) is 30.3 Å². The lowest BCUT2D eigenvalue weighted by atomic mass is 10.2. The molecule has 0 aromatic heterocycles. The standard InChI is InChI=1S/C20H23ClN4O4/c1-2-29-18-8-3-14(21)13-17(18)23-19(26)22-15-4-6-16(7-5-15)24-9-11-25(12-10-24)20(27)28/h3-8,13H,2,9-12H2,1H3,(H,27,28)(H2,22,23,26). The van der Waals surface area contributed by atoms with Crippen LogP contribution >= 0.6 is 11.6 Å². The predicted molar refractivity (Wildman–Crippen MR) is 114 cm³/mol. The molecule has 0 saturated carbocycles. The van der Waals surface area contributed by atoms with Crippen molar-refractivity contribution in [3.05, 3.63) is 47.5 Å². The van der Waals surface area contributed by atoms with E-state index in [1.807, 2.05) is 19.1 Å². The van der Waals surface area contributed by atoms with E-state index in [2.05, 4.69) is 15.5 Å². The fourth-order valence-corrected chi connectivity index (χ4v) is 3.25. The molecular formula is C20H23ClN4O4. The van der Waals surface area contributed by atoms with Crippen LogP contribution in [0.15, 0.2) is 42.5 Å². The number of carboxylic acid groups (broad SMARTS) is 1. The van der Waals surface area contributed by atoms with Crippen molar-refractivity contribution in [2.24, 2.45) is 0 Å². The highest BCUT2D eigenvalue weighted by atomic mass is 35.5. The fourth-order valence-electron chi connectivity index (χ4n) is 3.08. The van der Waals surface area contributed by atoms with Gasteiger partial charge in [0.1, 0.15) is 5.75 Å². The van der Waals surface area contributed by atoms with Crippen LogP contribution in [0.2, 0.25) is 5.02 Å². The predicted octanol–water partition coefficient (Wildman–Crippen LogP) is 4.18. The number of hydrogen-bond donors (Lipinski definition) is 3. The van der Waals surface area contributed by atoms with Crippen LogP contribution in [0.3, 0.4) is 0 Å². The summed E-state index contributed by atoms with van der Waals surface area (Å²) in [5, 5.41) is 15.1. The van der Waals surface area contributed by atoms with Crippen molar-refractivity contribution in [2.75, 3.05) is 48.3 Å². The van der Waals surface area contributed by atoms with Crippen LogP contribution in [0.25, 0.3) is 0 Å². The third kappa shape index (κ3) is 5.45. The second-order valence-corrected chi connectivity index (χ2v) is 6.89. The van der Waals surface area contributed by atoms with Crippen LogP contribution in [-0.4, -0.2) is 54.9 Å². The Morgan fingerprint density at radius 2 is 1.76 bits per heavy atom. The van der Waals surface area contributed by atoms with Gasteiger partial charge in [0.25, 0.3) is 0 Å². The van der Waals surface area contributed by atoms with Gasteiger partial charge in [-0.25, -0.2) is 9.59 Å². The summed E-state index contributed by atoms with van der Waals surface area (Å²) in [6.45, 7) is 4.55. The molecule has 0 radical (unpaired) electrons. The molecule has 3 N–H and O–H groups in total. The lowest BCUT2D eigenvalue weighted by Crippen LogP contribution is -2.48. The molecule has 0 unspecified atom stereocenters. The Kier molecular flexibility index (Phi) is 6.66. The van der Waals surface area contributed by atoms with Gasteiger partial charge in [0.05, 0.1) is 12.3 Å². The van der Waals surface area contributed by atoms with E-state index < -0.39 is 12.1 Å². The number of ether oxygens (including phenoxy) is 1. The molecule has 1 aliphatic heterocycles. The van der Waals surface area contributed by atoms with Crippen molar-refractivity contribution in [1.82, 2.24) is 4.90 Å². The second kappa shape index (κ2) is 9.38. The van der Waals surface area contributed by atoms with E-state index in [4.69, 9.17) is 21.4 Å². The summed E-state index contributed by atoms with van der Waals surface area (Å²) in [6, 6.07) is 12.0. The maximum atomic E-state index is 12.3. The first kappa shape index (κ1) is 20.6. The molecule has 8 nitrogen and oxygen atoms in total. The molecule has 0 aliphatic carbocycles. The second-order valence-electron chi connectivity index (χ2n) is 6.46. The van der Waals surface area contributed by atoms with Gasteiger partial charge in [-0.15, -0.1) is 0 Å². The summed E-state index contributed by atoms with van der Waals surface area (Å²) in [4.78, 5) is 26.9. The number of carbonyl (C=O) groups excluding carboxylic acids is 1. The van der Waals surface area contributed by atoms with E-state index in [-0.39, 0.29) is 0 Å². The van der Waals surface area contributed by atoms with Crippen LogP contribution in [0.4, 0.5) is 26.7 Å². The molecular weight excluding hydrogens is 396 g/mol. The Morgan fingerprint density at radius 1 is 1.07 bits per heavy atom. The van der Waals surface area contributed by atoms with Gasteiger partial charge in [0.2, 0.25) is 0 Å². The number of anilines is 3. The van der Waals surface area contributed by atoms with Crippen LogP contribution in [-0.2, 0) is 0 Å². The van der Waals surface area contributed by atoms with E-state index in [0.717, 1.165) is 5.69 Å². The highest BCUT2D eigenvalue weighted by molar-refractivity contribution is 6.31. The summed E-state index contributed by atoms with van der Waals surface area (Å²) in [7, 11) is 0. The summed E-state index contributed by atoms with van der Waals surface area (Å²) in [6.07, 6.45) is -0.887. The SMILES string of the molecule is CCOc1ccc(Cl)cc1NC(=O)Nc1ccc(N2CCN(C(=O)O)CC2)cc1. The number of hydrogen-bond acceptors (Lipinski definition) is 4. The van der Waals surface area contributed by atoms with Gasteiger partial charge in [-0.3, -0.25) is 0 Å². The Labute approximate surface area is 174 Å². The fraction of sp³-hybridized carbons (Fsp3) is 0.300. The number of amides is 3. The zero-order valence-corrected chi connectivity index (χ0v) is 16.8. The minimum atomic E-state index is -0.887. The molecule has 0 atom stereocenters. The number of carbonyl (C=O) groups is 2. The number of nitrogens with one attached hydrogen (secondary N) is 2. The molecule has 1 fully saturated rings. The van der Waals surface area contributed by atoms with Crippen molar-refractivity contribution >= 4 is 40.8 Å². The van der Waals surface area contributed by atoms with Crippen molar-refractivity contribution in [1.29, 1.82) is 0 Å². The number of piperazine rings is 1. The largest absolute Gasteiger partial charge is 0.492 e. The zero-order valence-electron chi connectivity index (χ0n) is 16.0. The number of halogens is 1. The Hall–Kier alpha value is -3.13. The molecule has 3 rings (SSSR count). The molecule has 0 bridgehead atoms. The van der Waals surface area contributed by atoms with E-state index in [1.165, 1.54) is 4.90 Å². The lowest BCUT2D eigenvalue weighted by molar-refractivity contribution is 0.142. The molecule has 29 heavy (non-hydrogen) atoms. The maximum absolute atomic E-state index is 12.3. The molecule has 3 amide bonds. The van der Waals surface area contributed by atoms with Crippen molar-refractivity contribution < 1.29 is 19.4 Å². The third-order valence-corrected chi connectivity index (χ3v) is 4.77. The van der Waals surface area contributed by atoms with E-state index in [9.17, 15) is 9.59 Å². The lowest BCUT2D eigenvalue weighted by Gasteiger charge is -2.34. The van der Waals surface area contributed by atoms with Crippen molar-refractivity contribution in [3.63, 3.8) is 0 Å². The van der Waals surface area contributed by atoms with Gasteiger partial charge in [0.15, 0.2) is 0 Å². The first-order valence-electron chi connectivity index (χ1n) is 9.29. The normalized spacial score (nSPS) is 13.7. The van der Waals surface area contributed by atoms with Gasteiger partial charge in [-0.1, -0.05) is 11.6 Å². The van der Waals surface area contributed by atoms with Crippen LogP contribution < -0.4 is 20.3 Å². The molecule has 0 spiro atoms. The average Bonchev–Trinajstić information content (AvgIpc) is 2.71. The van der Waals surface area contributed by atoms with Crippen molar-refractivity contribution in [3.8, 4) is 5.75 Å². The monoisotopic (exact) mass is 418 g/mol. The summed E-state index contributed by atoms with van der Waals surface area (Å²) in [5.74, 6) is 0.544. The number of urea groups is 1. The molecule has 154 valence electrons. The Balaban J connectivity index is 1.58. The quantitative estimate of drug-likeness (QED) is 0.677. The molecule has 2 aromatic rings. The van der Waals surface area contributed by atoms with Crippen LogP contribution in [0.1, 0.15) is 6.92 Å². The van der Waals surface area contributed by atoms with Crippen LogP contribution in [0.5, 0.6) is 5.75 Å². The molecule has 1 saturated heterocycles. The molecule has 2 aromatic carbocycles. The average molecular weight is 419 g/mol. The Morgan fingerprint density at radius 3 is 2.38 bits per heavy atom. The summed E-state index contributed by atoms with van der Waals surface area (Å²) in [5.41, 5.74) is 2.11. The smallest absolute Gasteiger partial charge is 0.407 e.